The summed E-state index contributed by atoms with van der Waals surface area (Å²) < 4.78 is 0. The summed E-state index contributed by atoms with van der Waals surface area (Å²) in [6.07, 6.45) is 5.25. The standard InChI is InChI=1S/C15H19NO/c17-14-9-4-5-10-15(14,16-11-6-12-16)13-7-2-1-3-8-13/h1-3,7-8H,4-6,9-12H2/t15-/m0/s1. The summed E-state index contributed by atoms with van der Waals surface area (Å²) in [7, 11) is 0. The SMILES string of the molecule is O=C1CCCC[C@@]1(c1ccccc1)N1CCC1. The maximum atomic E-state index is 12.5. The fourth-order valence-electron chi connectivity index (χ4n) is 3.25. The van der Waals surface area contributed by atoms with E-state index >= 15 is 0 Å². The Morgan fingerprint density at radius 1 is 1.00 bits per heavy atom. The van der Waals surface area contributed by atoms with Gasteiger partial charge in [-0.2, -0.15) is 0 Å². The second kappa shape index (κ2) is 4.26. The molecule has 1 aromatic carbocycles. The first kappa shape index (κ1) is 11.0. The predicted molar refractivity (Wildman–Crippen MR) is 67.8 cm³/mol. The zero-order valence-electron chi connectivity index (χ0n) is 10.2. The van der Waals surface area contributed by atoms with E-state index in [1.54, 1.807) is 0 Å². The Labute approximate surface area is 103 Å². The van der Waals surface area contributed by atoms with Crippen molar-refractivity contribution in [3.8, 4) is 0 Å². The van der Waals surface area contributed by atoms with Gasteiger partial charge in [-0.05, 0) is 24.8 Å². The Kier molecular flexibility index (Phi) is 2.75. The highest BCUT2D eigenvalue weighted by molar-refractivity contribution is 5.90. The number of benzene rings is 1. The third-order valence-corrected chi connectivity index (χ3v) is 4.30. The van der Waals surface area contributed by atoms with Crippen LogP contribution in [-0.2, 0) is 10.3 Å². The topological polar surface area (TPSA) is 20.3 Å². The van der Waals surface area contributed by atoms with Crippen LogP contribution in [0.2, 0.25) is 0 Å². The zero-order valence-corrected chi connectivity index (χ0v) is 10.2. The molecule has 1 atom stereocenters. The molecule has 1 aromatic rings. The van der Waals surface area contributed by atoms with Crippen LogP contribution in [0.4, 0.5) is 0 Å². The zero-order chi connectivity index (χ0) is 11.7. The Bertz CT molecular complexity index is 410. The van der Waals surface area contributed by atoms with Gasteiger partial charge in [0.05, 0.1) is 0 Å². The average molecular weight is 229 g/mol. The summed E-state index contributed by atoms with van der Waals surface area (Å²) in [4.78, 5) is 14.9. The second-order valence-corrected chi connectivity index (χ2v) is 5.20. The van der Waals surface area contributed by atoms with E-state index in [0.717, 1.165) is 32.4 Å². The normalized spacial score (nSPS) is 30.0. The minimum absolute atomic E-state index is 0.280. The van der Waals surface area contributed by atoms with Gasteiger partial charge in [0.25, 0.3) is 0 Å². The minimum atomic E-state index is -0.280. The van der Waals surface area contributed by atoms with Gasteiger partial charge < -0.3 is 0 Å². The number of ketones is 1. The molecule has 1 aliphatic carbocycles. The van der Waals surface area contributed by atoms with Gasteiger partial charge >= 0.3 is 0 Å². The molecule has 0 spiro atoms. The highest BCUT2D eigenvalue weighted by Gasteiger charge is 2.47. The molecule has 2 heteroatoms. The van der Waals surface area contributed by atoms with Crippen LogP contribution in [0, 0.1) is 0 Å². The molecule has 1 aliphatic heterocycles. The average Bonchev–Trinajstić information content (AvgIpc) is 2.31. The number of nitrogens with zero attached hydrogens (tertiary/aromatic N) is 1. The number of carbonyl (C=O) groups excluding carboxylic acids is 1. The number of rotatable bonds is 2. The van der Waals surface area contributed by atoms with E-state index < -0.39 is 0 Å². The molecule has 1 saturated carbocycles. The lowest BCUT2D eigenvalue weighted by Crippen LogP contribution is -2.58. The highest BCUT2D eigenvalue weighted by Crippen LogP contribution is 2.42. The predicted octanol–water partition coefficient (Wildman–Crippen LogP) is 2.73. The van der Waals surface area contributed by atoms with E-state index in [4.69, 9.17) is 0 Å². The number of carbonyl (C=O) groups is 1. The molecular formula is C15H19NO. The fraction of sp³-hybridized carbons (Fsp3) is 0.533. The Hall–Kier alpha value is -1.15. The lowest BCUT2D eigenvalue weighted by atomic mass is 9.73. The van der Waals surface area contributed by atoms with Crippen LogP contribution in [0.15, 0.2) is 30.3 Å². The second-order valence-electron chi connectivity index (χ2n) is 5.20. The van der Waals surface area contributed by atoms with Crippen molar-refractivity contribution in [3.63, 3.8) is 0 Å². The van der Waals surface area contributed by atoms with Crippen LogP contribution in [-0.4, -0.2) is 23.8 Å². The molecular weight excluding hydrogens is 210 g/mol. The van der Waals surface area contributed by atoms with Gasteiger partial charge in [-0.15, -0.1) is 0 Å². The van der Waals surface area contributed by atoms with E-state index in [-0.39, 0.29) is 5.54 Å². The Balaban J connectivity index is 2.03. The molecule has 2 nitrogen and oxygen atoms in total. The highest BCUT2D eigenvalue weighted by atomic mass is 16.1. The summed E-state index contributed by atoms with van der Waals surface area (Å²) in [5.74, 6) is 0.439. The van der Waals surface area contributed by atoms with Crippen molar-refractivity contribution in [1.82, 2.24) is 4.90 Å². The molecule has 0 aromatic heterocycles. The van der Waals surface area contributed by atoms with Crippen LogP contribution in [0.3, 0.4) is 0 Å². The van der Waals surface area contributed by atoms with Crippen molar-refractivity contribution in [2.45, 2.75) is 37.6 Å². The molecule has 1 heterocycles. The molecule has 2 fully saturated rings. The Morgan fingerprint density at radius 3 is 2.35 bits per heavy atom. The smallest absolute Gasteiger partial charge is 0.157 e. The molecule has 2 aliphatic rings. The van der Waals surface area contributed by atoms with E-state index in [1.165, 1.54) is 18.4 Å². The van der Waals surface area contributed by atoms with Gasteiger partial charge in [0.1, 0.15) is 5.54 Å². The van der Waals surface area contributed by atoms with Gasteiger partial charge in [-0.1, -0.05) is 36.8 Å². The maximum Gasteiger partial charge on any atom is 0.157 e. The lowest BCUT2D eigenvalue weighted by molar-refractivity contribution is -0.138. The maximum absolute atomic E-state index is 12.5. The van der Waals surface area contributed by atoms with Crippen LogP contribution in [0.1, 0.15) is 37.7 Å². The van der Waals surface area contributed by atoms with Gasteiger partial charge in [0, 0.05) is 19.5 Å². The molecule has 17 heavy (non-hydrogen) atoms. The van der Waals surface area contributed by atoms with Crippen LogP contribution in [0.25, 0.3) is 0 Å². The van der Waals surface area contributed by atoms with E-state index in [9.17, 15) is 4.79 Å². The summed E-state index contributed by atoms with van der Waals surface area (Å²) in [6.45, 7) is 2.17. The molecule has 3 rings (SSSR count). The van der Waals surface area contributed by atoms with Crippen molar-refractivity contribution >= 4 is 5.78 Å². The first-order valence-electron chi connectivity index (χ1n) is 6.68. The summed E-state index contributed by atoms with van der Waals surface area (Å²) in [5, 5.41) is 0. The first-order chi connectivity index (χ1) is 8.34. The van der Waals surface area contributed by atoms with E-state index in [1.807, 2.05) is 6.07 Å². The number of hydrogen-bond acceptors (Lipinski definition) is 2. The van der Waals surface area contributed by atoms with E-state index in [2.05, 4.69) is 29.2 Å². The van der Waals surface area contributed by atoms with Gasteiger partial charge in [-0.25, -0.2) is 0 Å². The largest absolute Gasteiger partial charge is 0.297 e. The first-order valence-corrected chi connectivity index (χ1v) is 6.68. The molecule has 0 radical (unpaired) electrons. The molecule has 0 unspecified atom stereocenters. The van der Waals surface area contributed by atoms with Crippen LogP contribution >= 0.6 is 0 Å². The molecule has 1 saturated heterocycles. The Morgan fingerprint density at radius 2 is 1.76 bits per heavy atom. The van der Waals surface area contributed by atoms with Gasteiger partial charge in [-0.3, -0.25) is 9.69 Å². The van der Waals surface area contributed by atoms with Crippen molar-refractivity contribution in [1.29, 1.82) is 0 Å². The minimum Gasteiger partial charge on any atom is -0.297 e. The fourth-order valence-corrected chi connectivity index (χ4v) is 3.25. The van der Waals surface area contributed by atoms with Crippen molar-refractivity contribution in [2.24, 2.45) is 0 Å². The number of likely N-dealkylation sites (tertiary alicyclic amines) is 1. The molecule has 0 amide bonds. The van der Waals surface area contributed by atoms with Crippen LogP contribution in [0.5, 0.6) is 0 Å². The van der Waals surface area contributed by atoms with Crippen LogP contribution < -0.4 is 0 Å². The third kappa shape index (κ3) is 1.62. The van der Waals surface area contributed by atoms with Crippen molar-refractivity contribution < 1.29 is 4.79 Å². The number of hydrogen-bond donors (Lipinski definition) is 0. The third-order valence-electron chi connectivity index (χ3n) is 4.30. The van der Waals surface area contributed by atoms with E-state index in [0.29, 0.717) is 5.78 Å². The monoisotopic (exact) mass is 229 g/mol. The van der Waals surface area contributed by atoms with Crippen molar-refractivity contribution in [3.05, 3.63) is 35.9 Å². The summed E-state index contributed by atoms with van der Waals surface area (Å²) in [5.41, 5.74) is 0.932. The molecule has 0 bridgehead atoms. The van der Waals surface area contributed by atoms with Gasteiger partial charge in [0.15, 0.2) is 5.78 Å². The quantitative estimate of drug-likeness (QED) is 0.777. The van der Waals surface area contributed by atoms with Crippen molar-refractivity contribution in [2.75, 3.05) is 13.1 Å². The van der Waals surface area contributed by atoms with Gasteiger partial charge in [0.2, 0.25) is 0 Å². The summed E-state index contributed by atoms with van der Waals surface area (Å²) in [6, 6.07) is 10.4. The lowest BCUT2D eigenvalue weighted by Gasteiger charge is -2.50. The summed E-state index contributed by atoms with van der Waals surface area (Å²) >= 11 is 0. The number of Topliss-reactive ketones (excluding diaryl/α,β-unsaturated/α-hetero) is 1. The molecule has 0 N–H and O–H groups in total. The molecule has 90 valence electrons.